The lowest BCUT2D eigenvalue weighted by Gasteiger charge is -1.88. The number of alkyl halides is 1. The molecular formula is C8H13ClO. The van der Waals surface area contributed by atoms with Crippen LogP contribution in [0, 0.1) is 0 Å². The first-order valence-corrected chi connectivity index (χ1v) is 3.97. The van der Waals surface area contributed by atoms with Crippen molar-refractivity contribution < 1.29 is 5.11 Å². The van der Waals surface area contributed by atoms with Gasteiger partial charge in [-0.3, -0.25) is 0 Å². The highest BCUT2D eigenvalue weighted by Gasteiger charge is 1.80. The summed E-state index contributed by atoms with van der Waals surface area (Å²) in [6, 6.07) is 0. The molecule has 0 spiro atoms. The van der Waals surface area contributed by atoms with Crippen LogP contribution in [0.25, 0.3) is 0 Å². The van der Waals surface area contributed by atoms with Crippen LogP contribution in [-0.4, -0.2) is 11.0 Å². The maximum atomic E-state index is 8.22. The number of unbranched alkanes of at least 4 members (excludes halogenated alkanes) is 2. The van der Waals surface area contributed by atoms with E-state index >= 15 is 0 Å². The molecule has 0 bridgehead atoms. The van der Waals surface area contributed by atoms with E-state index in [-0.39, 0.29) is 0 Å². The topological polar surface area (TPSA) is 20.2 Å². The van der Waals surface area contributed by atoms with Crippen LogP contribution in [-0.2, 0) is 0 Å². The van der Waals surface area contributed by atoms with Gasteiger partial charge in [0.25, 0.3) is 0 Å². The fourth-order valence-electron chi connectivity index (χ4n) is 0.581. The van der Waals surface area contributed by atoms with Crippen molar-refractivity contribution in [3.8, 4) is 0 Å². The summed E-state index contributed by atoms with van der Waals surface area (Å²) in [6.07, 6.45) is 9.69. The van der Waals surface area contributed by atoms with E-state index in [1.165, 1.54) is 0 Å². The maximum Gasteiger partial charge on any atom is 0.0791 e. The molecule has 1 nitrogen and oxygen atoms in total. The lowest BCUT2D eigenvalue weighted by Crippen LogP contribution is -1.73. The molecule has 0 aliphatic rings. The second-order valence-electron chi connectivity index (χ2n) is 1.95. The molecule has 1 N–H and O–H groups in total. The van der Waals surface area contributed by atoms with Crippen LogP contribution >= 0.6 is 11.6 Å². The fourth-order valence-corrected chi connectivity index (χ4v) is 0.770. The van der Waals surface area contributed by atoms with E-state index < -0.39 is 0 Å². The van der Waals surface area contributed by atoms with E-state index in [4.69, 9.17) is 16.7 Å². The second-order valence-corrected chi connectivity index (χ2v) is 2.33. The molecule has 0 aromatic rings. The van der Waals surface area contributed by atoms with Gasteiger partial charge in [0.1, 0.15) is 0 Å². The fraction of sp³-hybridized carbons (Fsp3) is 0.500. The summed E-state index contributed by atoms with van der Waals surface area (Å²) in [4.78, 5) is 0. The summed E-state index contributed by atoms with van der Waals surface area (Å²) in [7, 11) is 0. The van der Waals surface area contributed by atoms with Crippen molar-refractivity contribution in [2.24, 2.45) is 0 Å². The van der Waals surface area contributed by atoms with Crippen molar-refractivity contribution in [1.82, 2.24) is 0 Å². The third-order valence-electron chi connectivity index (χ3n) is 1.09. The first-order chi connectivity index (χ1) is 4.91. The van der Waals surface area contributed by atoms with Gasteiger partial charge in [-0.05, 0) is 25.3 Å². The molecule has 0 aromatic heterocycles. The van der Waals surface area contributed by atoms with Gasteiger partial charge in [0.15, 0.2) is 0 Å². The molecule has 0 rings (SSSR count). The van der Waals surface area contributed by atoms with Crippen molar-refractivity contribution in [3.63, 3.8) is 0 Å². The van der Waals surface area contributed by atoms with Crippen LogP contribution in [0.3, 0.4) is 0 Å². The molecule has 0 unspecified atom stereocenters. The predicted molar refractivity (Wildman–Crippen MR) is 45.5 cm³/mol. The molecule has 2 heteroatoms. The van der Waals surface area contributed by atoms with Crippen molar-refractivity contribution in [1.29, 1.82) is 0 Å². The number of aliphatic hydroxyl groups excluding tert-OH is 1. The Bertz CT molecular complexity index is 108. The van der Waals surface area contributed by atoms with Crippen molar-refractivity contribution in [2.75, 3.05) is 5.88 Å². The van der Waals surface area contributed by atoms with Gasteiger partial charge in [0.05, 0.1) is 6.26 Å². The van der Waals surface area contributed by atoms with Crippen LogP contribution in [0.5, 0.6) is 0 Å². The number of hydrogen-bond acceptors (Lipinski definition) is 1. The zero-order chi connectivity index (χ0) is 7.66. The summed E-state index contributed by atoms with van der Waals surface area (Å²) >= 11 is 5.46. The predicted octanol–water partition coefficient (Wildman–Crippen LogP) is 3.02. The van der Waals surface area contributed by atoms with E-state index in [1.54, 1.807) is 6.08 Å². The average molecular weight is 161 g/mol. The SMILES string of the molecule is OC=CC=CCCCCCl. The minimum absolute atomic E-state index is 0.740. The molecule has 10 heavy (non-hydrogen) atoms. The molecule has 0 atom stereocenters. The summed E-state index contributed by atoms with van der Waals surface area (Å²) in [5.41, 5.74) is 0. The van der Waals surface area contributed by atoms with E-state index in [0.717, 1.165) is 31.4 Å². The average Bonchev–Trinajstić information content (AvgIpc) is 1.97. The largest absolute Gasteiger partial charge is 0.516 e. The second kappa shape index (κ2) is 8.57. The van der Waals surface area contributed by atoms with E-state index in [0.29, 0.717) is 0 Å². The van der Waals surface area contributed by atoms with Gasteiger partial charge in [0.2, 0.25) is 0 Å². The Morgan fingerprint density at radius 1 is 1.20 bits per heavy atom. The number of aliphatic hydroxyl groups is 1. The summed E-state index contributed by atoms with van der Waals surface area (Å²) in [5.74, 6) is 0.740. The third kappa shape index (κ3) is 7.57. The normalized spacial score (nSPS) is 11.7. The van der Waals surface area contributed by atoms with Gasteiger partial charge in [-0.15, -0.1) is 11.6 Å². The zero-order valence-corrected chi connectivity index (χ0v) is 6.72. The molecule has 0 saturated heterocycles. The smallest absolute Gasteiger partial charge is 0.0791 e. The molecule has 0 radical (unpaired) electrons. The first-order valence-electron chi connectivity index (χ1n) is 3.43. The first kappa shape index (κ1) is 9.57. The quantitative estimate of drug-likeness (QED) is 0.284. The summed E-state index contributed by atoms with van der Waals surface area (Å²) in [6.45, 7) is 0. The molecule has 0 amide bonds. The lowest BCUT2D eigenvalue weighted by atomic mass is 10.2. The highest BCUT2D eigenvalue weighted by molar-refractivity contribution is 6.17. The number of rotatable bonds is 5. The number of allylic oxidation sites excluding steroid dienone is 3. The Balaban J connectivity index is 3.02. The highest BCUT2D eigenvalue weighted by Crippen LogP contribution is 1.97. The molecule has 58 valence electrons. The molecule has 0 aromatic carbocycles. The maximum absolute atomic E-state index is 8.22. The molecule has 0 heterocycles. The van der Waals surface area contributed by atoms with Crippen molar-refractivity contribution in [3.05, 3.63) is 24.5 Å². The van der Waals surface area contributed by atoms with Crippen LogP contribution in [0.1, 0.15) is 19.3 Å². The van der Waals surface area contributed by atoms with Crippen LogP contribution < -0.4 is 0 Å². The standard InChI is InChI=1S/C8H13ClO/c9-7-5-3-1-2-4-6-8-10/h2,4,6,8,10H,1,3,5,7H2. The zero-order valence-electron chi connectivity index (χ0n) is 5.96. The van der Waals surface area contributed by atoms with Crippen molar-refractivity contribution >= 4 is 11.6 Å². The Morgan fingerprint density at radius 2 is 2.00 bits per heavy atom. The van der Waals surface area contributed by atoms with Crippen molar-refractivity contribution in [2.45, 2.75) is 19.3 Å². The van der Waals surface area contributed by atoms with Gasteiger partial charge < -0.3 is 5.11 Å². The minimum Gasteiger partial charge on any atom is -0.516 e. The monoisotopic (exact) mass is 160 g/mol. The Kier molecular flexibility index (Phi) is 8.20. The summed E-state index contributed by atoms with van der Waals surface area (Å²) < 4.78 is 0. The van der Waals surface area contributed by atoms with Gasteiger partial charge in [-0.1, -0.05) is 12.2 Å². The Morgan fingerprint density at radius 3 is 2.60 bits per heavy atom. The highest BCUT2D eigenvalue weighted by atomic mass is 35.5. The molecule has 0 saturated carbocycles. The van der Waals surface area contributed by atoms with Gasteiger partial charge in [-0.25, -0.2) is 0 Å². The molecular weight excluding hydrogens is 148 g/mol. The number of hydrogen-bond donors (Lipinski definition) is 1. The Labute approximate surface area is 67.0 Å². The van der Waals surface area contributed by atoms with E-state index in [1.807, 2.05) is 12.2 Å². The molecule has 0 fully saturated rings. The van der Waals surface area contributed by atoms with Crippen LogP contribution in [0.15, 0.2) is 24.5 Å². The molecule has 0 aliphatic carbocycles. The third-order valence-corrected chi connectivity index (χ3v) is 1.35. The van der Waals surface area contributed by atoms with E-state index in [9.17, 15) is 0 Å². The summed E-state index contributed by atoms with van der Waals surface area (Å²) in [5, 5.41) is 8.22. The lowest BCUT2D eigenvalue weighted by molar-refractivity contribution is 0.473. The number of halogens is 1. The minimum atomic E-state index is 0.740. The van der Waals surface area contributed by atoms with Gasteiger partial charge in [0, 0.05) is 5.88 Å². The van der Waals surface area contributed by atoms with Crippen LogP contribution in [0.4, 0.5) is 0 Å². The van der Waals surface area contributed by atoms with Gasteiger partial charge in [-0.2, -0.15) is 0 Å². The Hall–Kier alpha value is -0.430. The van der Waals surface area contributed by atoms with Crippen LogP contribution in [0.2, 0.25) is 0 Å². The van der Waals surface area contributed by atoms with Gasteiger partial charge >= 0.3 is 0 Å². The van der Waals surface area contributed by atoms with E-state index in [2.05, 4.69) is 0 Å². The molecule has 0 aliphatic heterocycles.